The summed E-state index contributed by atoms with van der Waals surface area (Å²) < 4.78 is 1.50. The van der Waals surface area contributed by atoms with Crippen molar-refractivity contribution < 1.29 is 4.92 Å². The predicted octanol–water partition coefficient (Wildman–Crippen LogP) is 4.89. The number of nitro benzene ring substituents is 1. The van der Waals surface area contributed by atoms with Crippen molar-refractivity contribution in [1.29, 1.82) is 0 Å². The third kappa shape index (κ3) is 5.29. The predicted molar refractivity (Wildman–Crippen MR) is 117 cm³/mol. The summed E-state index contributed by atoms with van der Waals surface area (Å²) in [5.74, 6) is 0.862. The van der Waals surface area contributed by atoms with Crippen molar-refractivity contribution in [2.45, 2.75) is 17.9 Å². The molecule has 3 aromatic rings. The summed E-state index contributed by atoms with van der Waals surface area (Å²) in [6.45, 7) is 0.459. The minimum Gasteiger partial charge on any atom is -0.383 e. The molecule has 0 radical (unpaired) electrons. The van der Waals surface area contributed by atoms with Gasteiger partial charge in [0.2, 0.25) is 0 Å². The molecular formula is C19H16Cl2N4O3S. The van der Waals surface area contributed by atoms with Crippen LogP contribution in [0.25, 0.3) is 11.1 Å². The zero-order valence-corrected chi connectivity index (χ0v) is 17.4. The molecule has 0 spiro atoms. The average molecular weight is 451 g/mol. The lowest BCUT2D eigenvalue weighted by atomic mass is 10.1. The van der Waals surface area contributed by atoms with Crippen LogP contribution < -0.4 is 11.4 Å². The SMILES string of the molecule is Nc1nc(=O)n(CCCSc2ccc([N+](=O)[O-])cc2)cc1-c1ccc(Cl)c(Cl)c1. The maximum Gasteiger partial charge on any atom is 0.349 e. The number of nitrogen functional groups attached to an aromatic ring is 1. The van der Waals surface area contributed by atoms with Crippen LogP contribution >= 0.6 is 35.0 Å². The number of aryl methyl sites for hydroxylation is 1. The Balaban J connectivity index is 1.67. The summed E-state index contributed by atoms with van der Waals surface area (Å²) in [4.78, 5) is 27.3. The Bertz CT molecular complexity index is 1100. The molecule has 29 heavy (non-hydrogen) atoms. The van der Waals surface area contributed by atoms with Crippen molar-refractivity contribution in [3.63, 3.8) is 0 Å². The Labute approximate surface area is 180 Å². The molecule has 0 aliphatic rings. The zero-order chi connectivity index (χ0) is 21.0. The van der Waals surface area contributed by atoms with Gasteiger partial charge in [0.15, 0.2) is 0 Å². The normalized spacial score (nSPS) is 10.8. The van der Waals surface area contributed by atoms with Crippen LogP contribution in [0, 0.1) is 10.1 Å². The number of halogens is 2. The van der Waals surface area contributed by atoms with Crippen molar-refractivity contribution in [3.05, 3.63) is 79.3 Å². The second-order valence-electron chi connectivity index (χ2n) is 6.10. The first-order valence-electron chi connectivity index (χ1n) is 8.55. The highest BCUT2D eigenvalue weighted by Gasteiger charge is 2.10. The van der Waals surface area contributed by atoms with Crippen LogP contribution in [0.4, 0.5) is 11.5 Å². The zero-order valence-electron chi connectivity index (χ0n) is 15.0. The molecule has 0 unspecified atom stereocenters. The molecule has 150 valence electrons. The Morgan fingerprint density at radius 3 is 2.52 bits per heavy atom. The number of hydrogen-bond donors (Lipinski definition) is 1. The van der Waals surface area contributed by atoms with Crippen LogP contribution in [0.1, 0.15) is 6.42 Å². The largest absolute Gasteiger partial charge is 0.383 e. The third-order valence-electron chi connectivity index (χ3n) is 4.11. The van der Waals surface area contributed by atoms with E-state index in [1.807, 2.05) is 0 Å². The number of benzene rings is 2. The monoisotopic (exact) mass is 450 g/mol. The van der Waals surface area contributed by atoms with E-state index in [1.165, 1.54) is 16.7 Å². The van der Waals surface area contributed by atoms with E-state index >= 15 is 0 Å². The third-order valence-corrected chi connectivity index (χ3v) is 5.95. The van der Waals surface area contributed by atoms with E-state index in [4.69, 9.17) is 28.9 Å². The first-order valence-corrected chi connectivity index (χ1v) is 10.3. The molecule has 0 saturated carbocycles. The molecular weight excluding hydrogens is 435 g/mol. The summed E-state index contributed by atoms with van der Waals surface area (Å²) in [7, 11) is 0. The summed E-state index contributed by atoms with van der Waals surface area (Å²) >= 11 is 13.6. The van der Waals surface area contributed by atoms with Crippen LogP contribution in [0.5, 0.6) is 0 Å². The van der Waals surface area contributed by atoms with E-state index in [1.54, 1.807) is 48.3 Å². The number of rotatable bonds is 7. The van der Waals surface area contributed by atoms with Crippen LogP contribution in [-0.2, 0) is 6.54 Å². The molecule has 1 aromatic heterocycles. The van der Waals surface area contributed by atoms with Crippen LogP contribution in [0.2, 0.25) is 10.0 Å². The van der Waals surface area contributed by atoms with Gasteiger partial charge in [-0.05, 0) is 42.0 Å². The van der Waals surface area contributed by atoms with Gasteiger partial charge in [0, 0.05) is 35.3 Å². The lowest BCUT2D eigenvalue weighted by Crippen LogP contribution is -2.24. The maximum absolute atomic E-state index is 12.2. The van der Waals surface area contributed by atoms with Gasteiger partial charge < -0.3 is 5.73 Å². The van der Waals surface area contributed by atoms with Crippen molar-refractivity contribution in [2.24, 2.45) is 0 Å². The lowest BCUT2D eigenvalue weighted by molar-refractivity contribution is -0.384. The molecule has 7 nitrogen and oxygen atoms in total. The number of hydrogen-bond acceptors (Lipinski definition) is 6. The molecule has 0 fully saturated rings. The highest BCUT2D eigenvalue weighted by molar-refractivity contribution is 7.99. The Morgan fingerprint density at radius 2 is 1.86 bits per heavy atom. The molecule has 0 aliphatic carbocycles. The quantitative estimate of drug-likeness (QED) is 0.237. The van der Waals surface area contributed by atoms with Gasteiger partial charge in [0.1, 0.15) is 5.82 Å². The molecule has 0 bridgehead atoms. The minimum atomic E-state index is -0.430. The van der Waals surface area contributed by atoms with Crippen LogP contribution in [0.3, 0.4) is 0 Å². The number of non-ortho nitro benzene ring substituents is 1. The average Bonchev–Trinajstić information content (AvgIpc) is 2.69. The highest BCUT2D eigenvalue weighted by Crippen LogP contribution is 2.30. The standard InChI is InChI=1S/C19H16Cl2N4O3S/c20-16-7-2-12(10-17(16)21)15-11-24(19(26)23-18(15)22)8-1-9-29-14-5-3-13(4-6-14)25(27)28/h2-7,10-11H,1,8-9H2,(H2,22,23,26). The molecule has 3 rings (SSSR count). The summed E-state index contributed by atoms with van der Waals surface area (Å²) in [6, 6.07) is 11.5. The topological polar surface area (TPSA) is 104 Å². The highest BCUT2D eigenvalue weighted by atomic mass is 35.5. The van der Waals surface area contributed by atoms with Crippen molar-refractivity contribution in [2.75, 3.05) is 11.5 Å². The second kappa shape index (κ2) is 9.30. The summed E-state index contributed by atoms with van der Waals surface area (Å²) in [5, 5.41) is 11.5. The molecule has 2 aromatic carbocycles. The Morgan fingerprint density at radius 1 is 1.14 bits per heavy atom. The van der Waals surface area contributed by atoms with Gasteiger partial charge in [-0.2, -0.15) is 4.98 Å². The van der Waals surface area contributed by atoms with Gasteiger partial charge >= 0.3 is 5.69 Å². The number of nitrogens with zero attached hydrogens (tertiary/aromatic N) is 3. The van der Waals surface area contributed by atoms with Crippen molar-refractivity contribution >= 4 is 46.5 Å². The fourth-order valence-corrected chi connectivity index (χ4v) is 3.78. The lowest BCUT2D eigenvalue weighted by Gasteiger charge is -2.11. The van der Waals surface area contributed by atoms with E-state index in [0.29, 0.717) is 28.6 Å². The van der Waals surface area contributed by atoms with Crippen molar-refractivity contribution in [1.82, 2.24) is 9.55 Å². The molecule has 0 aliphatic heterocycles. The maximum atomic E-state index is 12.2. The number of nitro groups is 1. The molecule has 10 heteroatoms. The number of anilines is 1. The van der Waals surface area contributed by atoms with Gasteiger partial charge in [-0.3, -0.25) is 14.7 Å². The second-order valence-corrected chi connectivity index (χ2v) is 8.08. The fourth-order valence-electron chi connectivity index (χ4n) is 2.64. The molecule has 2 N–H and O–H groups in total. The minimum absolute atomic E-state index is 0.0590. The first kappa shape index (κ1) is 21.2. The number of aromatic nitrogens is 2. The van der Waals surface area contributed by atoms with Crippen molar-refractivity contribution in [3.8, 4) is 11.1 Å². The Kier molecular flexibility index (Phi) is 6.79. The Hall–Kier alpha value is -2.55. The van der Waals surface area contributed by atoms with E-state index in [9.17, 15) is 14.9 Å². The molecule has 0 amide bonds. The van der Waals surface area contributed by atoms with Gasteiger partial charge in [-0.1, -0.05) is 29.3 Å². The number of nitrogens with two attached hydrogens (primary N) is 1. The molecule has 0 saturated heterocycles. The van der Waals surface area contributed by atoms with Gasteiger partial charge in [-0.25, -0.2) is 4.79 Å². The van der Waals surface area contributed by atoms with Gasteiger partial charge in [0.25, 0.3) is 5.69 Å². The summed E-state index contributed by atoms with van der Waals surface area (Å²) in [5.41, 5.74) is 6.88. The molecule has 1 heterocycles. The van der Waals surface area contributed by atoms with Crippen LogP contribution in [-0.4, -0.2) is 20.2 Å². The van der Waals surface area contributed by atoms with Crippen LogP contribution in [0.15, 0.2) is 58.4 Å². The van der Waals surface area contributed by atoms with E-state index in [2.05, 4.69) is 4.98 Å². The van der Waals surface area contributed by atoms with Gasteiger partial charge in [-0.15, -0.1) is 11.8 Å². The van der Waals surface area contributed by atoms with E-state index < -0.39 is 10.6 Å². The first-order chi connectivity index (χ1) is 13.8. The summed E-state index contributed by atoms with van der Waals surface area (Å²) in [6.07, 6.45) is 2.37. The molecule has 0 atom stereocenters. The van der Waals surface area contributed by atoms with E-state index in [-0.39, 0.29) is 11.5 Å². The number of thioether (sulfide) groups is 1. The van der Waals surface area contributed by atoms with E-state index in [0.717, 1.165) is 16.2 Å². The smallest absolute Gasteiger partial charge is 0.349 e. The van der Waals surface area contributed by atoms with Gasteiger partial charge in [0.05, 0.1) is 15.0 Å². The fraction of sp³-hybridized carbons (Fsp3) is 0.158.